The number of hydrogen-bond donors (Lipinski definition) is 1. The number of carbonyl (C=O) groups is 1. The Morgan fingerprint density at radius 2 is 2.12 bits per heavy atom. The van der Waals surface area contributed by atoms with E-state index in [1.165, 1.54) is 0 Å². The van der Waals surface area contributed by atoms with E-state index in [1.807, 2.05) is 19.1 Å². The van der Waals surface area contributed by atoms with Crippen LogP contribution in [0.4, 0.5) is 0 Å². The average molecular weight is 239 g/mol. The van der Waals surface area contributed by atoms with Crippen LogP contribution >= 0.6 is 11.6 Å². The first-order valence-electron chi connectivity index (χ1n) is 5.56. The van der Waals surface area contributed by atoms with Gasteiger partial charge in [0.05, 0.1) is 5.60 Å². The number of benzene rings is 1. The Morgan fingerprint density at radius 1 is 1.50 bits per heavy atom. The molecule has 2 nitrogen and oxygen atoms in total. The molecule has 0 bridgehead atoms. The minimum Gasteiger partial charge on any atom is -0.385 e. The largest absolute Gasteiger partial charge is 0.385 e. The highest BCUT2D eigenvalue weighted by Gasteiger charge is 2.54. The van der Waals surface area contributed by atoms with Crippen LogP contribution in [0.2, 0.25) is 5.02 Å². The highest BCUT2D eigenvalue weighted by Crippen LogP contribution is 2.54. The number of Topliss-reactive ketones (excluding diaryl/α,β-unsaturated/α-hetero) is 1. The summed E-state index contributed by atoms with van der Waals surface area (Å²) in [5.74, 6) is 0.302. The molecule has 1 aromatic carbocycles. The highest BCUT2D eigenvalue weighted by atomic mass is 35.5. The number of carbonyl (C=O) groups excluding carboxylic acids is 1. The van der Waals surface area contributed by atoms with Crippen LogP contribution in [0.15, 0.2) is 24.3 Å². The monoisotopic (exact) mass is 238 g/mol. The number of ketones is 1. The molecule has 2 rings (SSSR count). The first-order valence-corrected chi connectivity index (χ1v) is 5.94. The van der Waals surface area contributed by atoms with E-state index in [2.05, 4.69) is 0 Å². The molecule has 0 radical (unpaired) electrons. The van der Waals surface area contributed by atoms with Crippen LogP contribution in [-0.2, 0) is 10.4 Å². The summed E-state index contributed by atoms with van der Waals surface area (Å²) in [4.78, 5) is 11.3. The van der Waals surface area contributed by atoms with Crippen molar-refractivity contribution in [3.63, 3.8) is 0 Å². The van der Waals surface area contributed by atoms with Crippen molar-refractivity contribution in [2.45, 2.75) is 31.8 Å². The van der Waals surface area contributed by atoms with Crippen LogP contribution in [0.5, 0.6) is 0 Å². The Morgan fingerprint density at radius 3 is 2.69 bits per heavy atom. The van der Waals surface area contributed by atoms with Crippen molar-refractivity contribution in [2.75, 3.05) is 0 Å². The van der Waals surface area contributed by atoms with Gasteiger partial charge in [0.15, 0.2) is 0 Å². The van der Waals surface area contributed by atoms with Crippen LogP contribution in [0.1, 0.15) is 31.7 Å². The Kier molecular flexibility index (Phi) is 3.04. The van der Waals surface area contributed by atoms with Gasteiger partial charge in [0.25, 0.3) is 0 Å². The lowest BCUT2D eigenvalue weighted by atomic mass is 10.0. The molecular weight excluding hydrogens is 224 g/mol. The van der Waals surface area contributed by atoms with Crippen molar-refractivity contribution in [3.05, 3.63) is 34.9 Å². The van der Waals surface area contributed by atoms with Gasteiger partial charge < -0.3 is 5.11 Å². The van der Waals surface area contributed by atoms with Gasteiger partial charge in [0.2, 0.25) is 0 Å². The summed E-state index contributed by atoms with van der Waals surface area (Å²) < 4.78 is 0. The third kappa shape index (κ3) is 2.13. The lowest BCUT2D eigenvalue weighted by Gasteiger charge is -2.10. The van der Waals surface area contributed by atoms with Gasteiger partial charge in [-0.3, -0.25) is 4.79 Å². The Bertz CT molecular complexity index is 399. The van der Waals surface area contributed by atoms with Crippen LogP contribution in [0.3, 0.4) is 0 Å². The van der Waals surface area contributed by atoms with E-state index in [1.54, 1.807) is 12.1 Å². The molecule has 1 saturated carbocycles. The summed E-state index contributed by atoms with van der Waals surface area (Å²) in [6.45, 7) is 1.85. The lowest BCUT2D eigenvalue weighted by molar-refractivity contribution is -0.119. The Balaban J connectivity index is 2.06. The Hall–Kier alpha value is -0.860. The molecule has 1 aliphatic carbocycles. The number of aliphatic hydroxyl groups is 1. The molecule has 1 aromatic rings. The molecule has 16 heavy (non-hydrogen) atoms. The molecule has 0 amide bonds. The second-order valence-electron chi connectivity index (χ2n) is 4.43. The topological polar surface area (TPSA) is 37.3 Å². The van der Waals surface area contributed by atoms with Crippen LogP contribution in [0, 0.1) is 5.92 Å². The third-order valence-electron chi connectivity index (χ3n) is 3.29. The first-order chi connectivity index (χ1) is 7.56. The Labute approximate surface area is 100 Å². The number of rotatable bonds is 4. The second-order valence-corrected chi connectivity index (χ2v) is 4.86. The van der Waals surface area contributed by atoms with E-state index >= 15 is 0 Å². The van der Waals surface area contributed by atoms with E-state index in [9.17, 15) is 9.90 Å². The highest BCUT2D eigenvalue weighted by molar-refractivity contribution is 6.30. The van der Waals surface area contributed by atoms with Gasteiger partial charge >= 0.3 is 0 Å². The fourth-order valence-electron chi connectivity index (χ4n) is 2.07. The molecular formula is C13H15ClO2. The molecule has 1 N–H and O–H groups in total. The molecule has 1 fully saturated rings. The summed E-state index contributed by atoms with van der Waals surface area (Å²) in [6, 6.07) is 7.20. The summed E-state index contributed by atoms with van der Waals surface area (Å²) >= 11 is 5.79. The summed E-state index contributed by atoms with van der Waals surface area (Å²) in [5, 5.41) is 11.0. The molecule has 0 saturated heterocycles. The van der Waals surface area contributed by atoms with Gasteiger partial charge in [-0.2, -0.15) is 0 Å². The first kappa shape index (κ1) is 11.6. The van der Waals surface area contributed by atoms with Crippen LogP contribution in [0.25, 0.3) is 0 Å². The number of halogens is 1. The predicted octanol–water partition coefficient (Wildman–Crippen LogP) is 2.92. The SMILES string of the molecule is CCC(=O)CC1CC1(O)c1ccc(Cl)cc1. The van der Waals surface area contributed by atoms with Crippen LogP contribution < -0.4 is 0 Å². The molecule has 0 spiro atoms. The number of hydrogen-bond acceptors (Lipinski definition) is 2. The van der Waals surface area contributed by atoms with E-state index in [-0.39, 0.29) is 11.7 Å². The van der Waals surface area contributed by atoms with Crippen molar-refractivity contribution in [1.82, 2.24) is 0 Å². The fourth-order valence-corrected chi connectivity index (χ4v) is 2.19. The summed E-state index contributed by atoms with van der Waals surface area (Å²) in [5.41, 5.74) is 0.0703. The maximum absolute atomic E-state index is 11.3. The van der Waals surface area contributed by atoms with E-state index in [0.29, 0.717) is 24.3 Å². The molecule has 3 heteroatoms. The van der Waals surface area contributed by atoms with E-state index in [0.717, 1.165) is 5.56 Å². The van der Waals surface area contributed by atoms with Crippen molar-refractivity contribution in [3.8, 4) is 0 Å². The third-order valence-corrected chi connectivity index (χ3v) is 3.54. The molecule has 1 aliphatic rings. The van der Waals surface area contributed by atoms with Gasteiger partial charge in [-0.05, 0) is 24.1 Å². The zero-order valence-electron chi connectivity index (χ0n) is 9.24. The van der Waals surface area contributed by atoms with Crippen LogP contribution in [-0.4, -0.2) is 10.9 Å². The van der Waals surface area contributed by atoms with Gasteiger partial charge in [-0.15, -0.1) is 0 Å². The van der Waals surface area contributed by atoms with Crippen molar-refractivity contribution < 1.29 is 9.90 Å². The molecule has 0 aliphatic heterocycles. The normalized spacial score (nSPS) is 27.8. The minimum absolute atomic E-state index is 0.0844. The quantitative estimate of drug-likeness (QED) is 0.876. The van der Waals surface area contributed by atoms with Crippen molar-refractivity contribution >= 4 is 17.4 Å². The van der Waals surface area contributed by atoms with Gasteiger partial charge in [-0.25, -0.2) is 0 Å². The molecule has 0 heterocycles. The smallest absolute Gasteiger partial charge is 0.133 e. The zero-order chi connectivity index (χ0) is 11.8. The standard InChI is InChI=1S/C13H15ClO2/c1-2-12(15)7-10-8-13(10,16)9-3-5-11(14)6-4-9/h3-6,10,16H,2,7-8H2,1H3. The maximum Gasteiger partial charge on any atom is 0.133 e. The molecule has 86 valence electrons. The van der Waals surface area contributed by atoms with E-state index < -0.39 is 5.60 Å². The fraction of sp³-hybridized carbons (Fsp3) is 0.462. The van der Waals surface area contributed by atoms with Crippen molar-refractivity contribution in [2.24, 2.45) is 5.92 Å². The average Bonchev–Trinajstić information content (AvgIpc) is 2.91. The zero-order valence-corrected chi connectivity index (χ0v) is 10.00. The summed E-state index contributed by atoms with van der Waals surface area (Å²) in [7, 11) is 0. The minimum atomic E-state index is -0.796. The van der Waals surface area contributed by atoms with E-state index in [4.69, 9.17) is 11.6 Å². The maximum atomic E-state index is 11.3. The second kappa shape index (κ2) is 4.19. The predicted molar refractivity (Wildman–Crippen MR) is 63.4 cm³/mol. The molecule has 2 unspecified atom stereocenters. The van der Waals surface area contributed by atoms with Gasteiger partial charge in [-0.1, -0.05) is 30.7 Å². The summed E-state index contributed by atoms with van der Waals surface area (Å²) in [6.07, 6.45) is 1.71. The lowest BCUT2D eigenvalue weighted by Crippen LogP contribution is -2.10. The molecule has 2 atom stereocenters. The van der Waals surface area contributed by atoms with Gasteiger partial charge in [0.1, 0.15) is 5.78 Å². The molecule has 0 aromatic heterocycles. The van der Waals surface area contributed by atoms with Gasteiger partial charge in [0, 0.05) is 23.8 Å². The van der Waals surface area contributed by atoms with Crippen molar-refractivity contribution in [1.29, 1.82) is 0 Å².